The number of hydrogen-bond acceptors (Lipinski definition) is 2. The third-order valence-corrected chi connectivity index (χ3v) is 3.44. The monoisotopic (exact) mass is 273 g/mol. The fourth-order valence-electron chi connectivity index (χ4n) is 2.28. The molecule has 2 rings (SSSR count). The van der Waals surface area contributed by atoms with Crippen LogP contribution >= 0.6 is 0 Å². The number of carboxylic acids is 1. The summed E-state index contributed by atoms with van der Waals surface area (Å²) >= 11 is 0. The molecule has 2 N–H and O–H groups in total. The molecular formula is C16H19NO3. The van der Waals surface area contributed by atoms with Crippen LogP contribution in [0.2, 0.25) is 0 Å². The Labute approximate surface area is 118 Å². The first kappa shape index (κ1) is 14.3. The highest BCUT2D eigenvalue weighted by atomic mass is 16.4. The molecule has 0 bridgehead atoms. The molecule has 0 aromatic heterocycles. The summed E-state index contributed by atoms with van der Waals surface area (Å²) in [6.07, 6.45) is 8.46. The van der Waals surface area contributed by atoms with Crippen LogP contribution in [0.1, 0.15) is 41.6 Å². The van der Waals surface area contributed by atoms with Gasteiger partial charge in [0.1, 0.15) is 0 Å². The van der Waals surface area contributed by atoms with Gasteiger partial charge in [0.25, 0.3) is 0 Å². The Morgan fingerprint density at radius 2 is 2.00 bits per heavy atom. The summed E-state index contributed by atoms with van der Waals surface area (Å²) < 4.78 is 0. The summed E-state index contributed by atoms with van der Waals surface area (Å²) in [6.45, 7) is 0. The van der Waals surface area contributed by atoms with Crippen LogP contribution in [0.25, 0.3) is 0 Å². The van der Waals surface area contributed by atoms with Gasteiger partial charge in [-0.25, -0.2) is 4.79 Å². The van der Waals surface area contributed by atoms with Crippen LogP contribution in [0.4, 0.5) is 0 Å². The molecule has 0 radical (unpaired) electrons. The minimum Gasteiger partial charge on any atom is -0.478 e. The first-order valence-electron chi connectivity index (χ1n) is 6.93. The van der Waals surface area contributed by atoms with Gasteiger partial charge in [-0.2, -0.15) is 0 Å². The number of rotatable bonds is 5. The molecule has 1 aromatic carbocycles. The second-order valence-corrected chi connectivity index (χ2v) is 5.04. The summed E-state index contributed by atoms with van der Waals surface area (Å²) in [6, 6.07) is 6.83. The number of carbonyl (C=O) groups is 2. The number of allylic oxidation sites excluding steroid dienone is 1. The van der Waals surface area contributed by atoms with Crippen molar-refractivity contribution in [3.63, 3.8) is 0 Å². The van der Waals surface area contributed by atoms with E-state index in [4.69, 9.17) is 5.11 Å². The number of benzene rings is 1. The highest BCUT2D eigenvalue weighted by Crippen LogP contribution is 2.11. The fraction of sp³-hybridized carbons (Fsp3) is 0.375. The van der Waals surface area contributed by atoms with E-state index in [1.807, 2.05) is 0 Å². The molecule has 0 aliphatic heterocycles. The van der Waals surface area contributed by atoms with Crippen molar-refractivity contribution in [3.8, 4) is 0 Å². The maximum Gasteiger partial charge on any atom is 0.335 e. The molecule has 0 saturated heterocycles. The van der Waals surface area contributed by atoms with E-state index in [1.165, 1.54) is 0 Å². The van der Waals surface area contributed by atoms with Crippen LogP contribution in [-0.2, 0) is 11.2 Å². The van der Waals surface area contributed by atoms with E-state index in [0.29, 0.717) is 12.8 Å². The maximum absolute atomic E-state index is 11.8. The van der Waals surface area contributed by atoms with Crippen molar-refractivity contribution in [3.05, 3.63) is 47.5 Å². The van der Waals surface area contributed by atoms with Gasteiger partial charge in [0.05, 0.1) is 5.56 Å². The van der Waals surface area contributed by atoms with Crippen molar-refractivity contribution < 1.29 is 14.7 Å². The van der Waals surface area contributed by atoms with Gasteiger partial charge in [0, 0.05) is 12.5 Å². The highest BCUT2D eigenvalue weighted by molar-refractivity contribution is 5.87. The molecule has 1 atom stereocenters. The van der Waals surface area contributed by atoms with Gasteiger partial charge in [-0.15, -0.1) is 0 Å². The Kier molecular flexibility index (Phi) is 4.93. The second-order valence-electron chi connectivity index (χ2n) is 5.04. The summed E-state index contributed by atoms with van der Waals surface area (Å²) in [5.41, 5.74) is 1.25. The van der Waals surface area contributed by atoms with Crippen LogP contribution in [0.5, 0.6) is 0 Å². The average Bonchev–Trinajstić information content (AvgIpc) is 2.46. The molecule has 0 spiro atoms. The van der Waals surface area contributed by atoms with Gasteiger partial charge in [-0.05, 0) is 43.4 Å². The Hall–Kier alpha value is -2.10. The molecule has 4 nitrogen and oxygen atoms in total. The van der Waals surface area contributed by atoms with Crippen LogP contribution in [0.3, 0.4) is 0 Å². The number of carbonyl (C=O) groups excluding carboxylic acids is 1. The third-order valence-electron chi connectivity index (χ3n) is 3.44. The zero-order valence-corrected chi connectivity index (χ0v) is 11.3. The molecule has 1 amide bonds. The zero-order valence-electron chi connectivity index (χ0n) is 11.3. The number of aryl methyl sites for hydroxylation is 1. The lowest BCUT2D eigenvalue weighted by atomic mass is 10.0. The summed E-state index contributed by atoms with van der Waals surface area (Å²) in [5, 5.41) is 11.8. The van der Waals surface area contributed by atoms with E-state index in [9.17, 15) is 9.59 Å². The molecule has 1 aliphatic rings. The number of hydrogen-bond donors (Lipinski definition) is 2. The van der Waals surface area contributed by atoms with Crippen molar-refractivity contribution >= 4 is 11.9 Å². The maximum atomic E-state index is 11.8. The van der Waals surface area contributed by atoms with Crippen LogP contribution < -0.4 is 5.32 Å². The minimum atomic E-state index is -0.932. The minimum absolute atomic E-state index is 0.0452. The smallest absolute Gasteiger partial charge is 0.335 e. The molecule has 0 heterocycles. The lowest BCUT2D eigenvalue weighted by molar-refractivity contribution is -0.121. The van der Waals surface area contributed by atoms with Gasteiger partial charge in [-0.3, -0.25) is 4.79 Å². The van der Waals surface area contributed by atoms with E-state index in [0.717, 1.165) is 24.8 Å². The van der Waals surface area contributed by atoms with Gasteiger partial charge in [-0.1, -0.05) is 24.3 Å². The Morgan fingerprint density at radius 3 is 2.60 bits per heavy atom. The Bertz CT molecular complexity index is 505. The van der Waals surface area contributed by atoms with E-state index >= 15 is 0 Å². The SMILES string of the molecule is O=C(CCc1ccc(C(=O)O)cc1)NC1C=CCCC1. The quantitative estimate of drug-likeness (QED) is 0.810. The first-order valence-corrected chi connectivity index (χ1v) is 6.93. The lowest BCUT2D eigenvalue weighted by Crippen LogP contribution is -2.34. The first-order chi connectivity index (χ1) is 9.65. The normalized spacial score (nSPS) is 17.7. The van der Waals surface area contributed by atoms with Crippen molar-refractivity contribution in [2.24, 2.45) is 0 Å². The molecule has 106 valence electrons. The zero-order chi connectivity index (χ0) is 14.4. The number of nitrogens with one attached hydrogen (secondary N) is 1. The summed E-state index contributed by atoms with van der Waals surface area (Å²) in [4.78, 5) is 22.5. The van der Waals surface area contributed by atoms with Crippen molar-refractivity contribution in [2.75, 3.05) is 0 Å². The fourth-order valence-corrected chi connectivity index (χ4v) is 2.28. The Balaban J connectivity index is 1.79. The predicted octanol–water partition coefficient (Wildman–Crippen LogP) is 2.54. The molecule has 1 aliphatic carbocycles. The van der Waals surface area contributed by atoms with E-state index in [-0.39, 0.29) is 17.5 Å². The number of aromatic carboxylic acids is 1. The van der Waals surface area contributed by atoms with Crippen molar-refractivity contribution in [2.45, 2.75) is 38.1 Å². The predicted molar refractivity (Wildman–Crippen MR) is 76.6 cm³/mol. The molecule has 1 aromatic rings. The number of carboxylic acid groups (broad SMARTS) is 1. The van der Waals surface area contributed by atoms with Gasteiger partial charge < -0.3 is 10.4 Å². The van der Waals surface area contributed by atoms with Gasteiger partial charge in [0.15, 0.2) is 0 Å². The molecule has 4 heteroatoms. The Morgan fingerprint density at radius 1 is 1.25 bits per heavy atom. The molecule has 0 saturated carbocycles. The average molecular weight is 273 g/mol. The summed E-state index contributed by atoms with van der Waals surface area (Å²) in [5.74, 6) is -0.887. The topological polar surface area (TPSA) is 66.4 Å². The van der Waals surface area contributed by atoms with E-state index < -0.39 is 5.97 Å². The lowest BCUT2D eigenvalue weighted by Gasteiger charge is -2.17. The number of amides is 1. The molecule has 20 heavy (non-hydrogen) atoms. The largest absolute Gasteiger partial charge is 0.478 e. The van der Waals surface area contributed by atoms with Crippen LogP contribution in [0.15, 0.2) is 36.4 Å². The highest BCUT2D eigenvalue weighted by Gasteiger charge is 2.11. The van der Waals surface area contributed by atoms with Crippen LogP contribution in [0, 0.1) is 0 Å². The molecular weight excluding hydrogens is 254 g/mol. The second kappa shape index (κ2) is 6.89. The standard InChI is InChI=1S/C16H19NO3/c18-15(17-14-4-2-1-3-5-14)11-8-12-6-9-13(10-7-12)16(19)20/h2,4,6-7,9-10,14H,1,3,5,8,11H2,(H,17,18)(H,19,20). The summed E-state index contributed by atoms with van der Waals surface area (Å²) in [7, 11) is 0. The van der Waals surface area contributed by atoms with E-state index in [1.54, 1.807) is 24.3 Å². The van der Waals surface area contributed by atoms with E-state index in [2.05, 4.69) is 17.5 Å². The van der Waals surface area contributed by atoms with Gasteiger partial charge >= 0.3 is 5.97 Å². The third kappa shape index (κ3) is 4.23. The molecule has 0 fully saturated rings. The molecule has 1 unspecified atom stereocenters. The van der Waals surface area contributed by atoms with Crippen LogP contribution in [-0.4, -0.2) is 23.0 Å². The van der Waals surface area contributed by atoms with Gasteiger partial charge in [0.2, 0.25) is 5.91 Å². The van der Waals surface area contributed by atoms with Crippen molar-refractivity contribution in [1.82, 2.24) is 5.32 Å². The van der Waals surface area contributed by atoms with Crippen molar-refractivity contribution in [1.29, 1.82) is 0 Å².